The fourth-order valence-electron chi connectivity index (χ4n) is 2.92. The van der Waals surface area contributed by atoms with Crippen molar-refractivity contribution in [2.75, 3.05) is 58.9 Å². The summed E-state index contributed by atoms with van der Waals surface area (Å²) < 4.78 is 35.0. The second kappa shape index (κ2) is 11.4. The number of rotatable bonds is 9. The van der Waals surface area contributed by atoms with Crippen LogP contribution in [-0.2, 0) is 9.53 Å². The first-order chi connectivity index (χ1) is 13.9. The number of ether oxygens (including phenoxy) is 2. The summed E-state index contributed by atoms with van der Waals surface area (Å²) in [5.41, 5.74) is 0.630. The summed E-state index contributed by atoms with van der Waals surface area (Å²) in [5, 5.41) is 6.45. The summed E-state index contributed by atoms with van der Waals surface area (Å²) in [6.07, 6.45) is 0.787. The van der Waals surface area contributed by atoms with Crippen molar-refractivity contribution in [1.82, 2.24) is 15.5 Å². The molecular weight excluding hydrogens is 384 g/mol. The minimum Gasteiger partial charge on any atom is -0.433 e. The molecule has 1 amide bonds. The molecule has 1 aliphatic heterocycles. The Morgan fingerprint density at radius 3 is 2.83 bits per heavy atom. The first-order valence-corrected chi connectivity index (χ1v) is 9.43. The molecule has 8 nitrogen and oxygen atoms in total. The predicted molar refractivity (Wildman–Crippen MR) is 108 cm³/mol. The van der Waals surface area contributed by atoms with Crippen LogP contribution in [0.25, 0.3) is 0 Å². The number of anilines is 1. The van der Waals surface area contributed by atoms with Gasteiger partial charge in [0.15, 0.2) is 5.96 Å². The highest BCUT2D eigenvalue weighted by molar-refractivity contribution is 5.85. The lowest BCUT2D eigenvalue weighted by atomic mass is 10.2. The third-order valence-corrected chi connectivity index (χ3v) is 4.42. The van der Waals surface area contributed by atoms with Gasteiger partial charge in [-0.3, -0.25) is 4.79 Å². The molecular formula is C19H29F2N5O3. The van der Waals surface area contributed by atoms with Gasteiger partial charge in [0.05, 0.1) is 12.3 Å². The van der Waals surface area contributed by atoms with Crippen molar-refractivity contribution in [3.05, 3.63) is 24.3 Å². The normalized spacial score (nSPS) is 16.8. The largest absolute Gasteiger partial charge is 0.433 e. The standard InChI is InChI=1S/C19H29F2N5O3/c1-25(2)17(27)12-23-19(22-9-11-28-3)24-14-8-10-26(13-14)15-6-4-5-7-16(15)29-18(20)21/h4-7,14,18H,8-13H2,1-3H3,(H2,22,23,24). The quantitative estimate of drug-likeness (QED) is 0.359. The summed E-state index contributed by atoms with van der Waals surface area (Å²) in [5.74, 6) is 0.567. The minimum absolute atomic E-state index is 0.0246. The number of carbonyl (C=O) groups is 1. The fraction of sp³-hybridized carbons (Fsp3) is 0.579. The zero-order chi connectivity index (χ0) is 21.2. The number of benzene rings is 1. The Labute approximate surface area is 169 Å². The smallest absolute Gasteiger partial charge is 0.387 e. The van der Waals surface area contributed by atoms with Gasteiger partial charge in [0.2, 0.25) is 5.91 Å². The molecule has 1 unspecified atom stereocenters. The monoisotopic (exact) mass is 413 g/mol. The van der Waals surface area contributed by atoms with Crippen LogP contribution in [0, 0.1) is 0 Å². The number of carbonyl (C=O) groups excluding carboxylic acids is 1. The van der Waals surface area contributed by atoms with Crippen LogP contribution in [0.3, 0.4) is 0 Å². The van der Waals surface area contributed by atoms with Gasteiger partial charge in [0, 0.05) is 46.9 Å². The van der Waals surface area contributed by atoms with Crippen molar-refractivity contribution in [3.8, 4) is 5.75 Å². The maximum absolute atomic E-state index is 12.7. The van der Waals surface area contributed by atoms with E-state index < -0.39 is 6.61 Å². The molecule has 162 valence electrons. The van der Waals surface area contributed by atoms with Gasteiger partial charge in [0.25, 0.3) is 0 Å². The number of halogens is 2. The average molecular weight is 413 g/mol. The van der Waals surface area contributed by atoms with Gasteiger partial charge >= 0.3 is 6.61 Å². The number of para-hydroxylation sites is 2. The van der Waals surface area contributed by atoms with Crippen molar-refractivity contribution in [3.63, 3.8) is 0 Å². The fourth-order valence-corrected chi connectivity index (χ4v) is 2.92. The minimum atomic E-state index is -2.87. The van der Waals surface area contributed by atoms with Crippen LogP contribution in [0.5, 0.6) is 5.75 Å². The molecule has 2 N–H and O–H groups in total. The zero-order valence-corrected chi connectivity index (χ0v) is 17.0. The predicted octanol–water partition coefficient (Wildman–Crippen LogP) is 1.14. The van der Waals surface area contributed by atoms with E-state index in [-0.39, 0.29) is 24.2 Å². The lowest BCUT2D eigenvalue weighted by molar-refractivity contribution is -0.127. The highest BCUT2D eigenvalue weighted by Crippen LogP contribution is 2.31. The van der Waals surface area contributed by atoms with E-state index in [1.807, 2.05) is 4.90 Å². The van der Waals surface area contributed by atoms with E-state index in [9.17, 15) is 13.6 Å². The molecule has 0 aliphatic carbocycles. The van der Waals surface area contributed by atoms with Gasteiger partial charge in [-0.05, 0) is 18.6 Å². The van der Waals surface area contributed by atoms with E-state index in [1.54, 1.807) is 39.4 Å². The van der Waals surface area contributed by atoms with Gasteiger partial charge in [-0.2, -0.15) is 8.78 Å². The van der Waals surface area contributed by atoms with E-state index >= 15 is 0 Å². The molecule has 1 fully saturated rings. The van der Waals surface area contributed by atoms with Gasteiger partial charge in [-0.15, -0.1) is 0 Å². The first-order valence-electron chi connectivity index (χ1n) is 9.43. The summed E-state index contributed by atoms with van der Waals surface area (Å²) in [7, 11) is 4.96. The Morgan fingerprint density at radius 2 is 2.14 bits per heavy atom. The van der Waals surface area contributed by atoms with Crippen LogP contribution in [0.2, 0.25) is 0 Å². The third kappa shape index (κ3) is 7.37. The van der Waals surface area contributed by atoms with Crippen LogP contribution >= 0.6 is 0 Å². The van der Waals surface area contributed by atoms with E-state index in [2.05, 4.69) is 20.4 Å². The molecule has 1 saturated heterocycles. The number of nitrogens with one attached hydrogen (secondary N) is 2. The molecule has 1 aromatic rings. The molecule has 1 heterocycles. The Balaban J connectivity index is 2.01. The van der Waals surface area contributed by atoms with Crippen LogP contribution in [-0.4, -0.2) is 83.4 Å². The van der Waals surface area contributed by atoms with E-state index in [4.69, 9.17) is 4.74 Å². The summed E-state index contributed by atoms with van der Waals surface area (Å²) in [6.45, 7) is -0.529. The summed E-state index contributed by atoms with van der Waals surface area (Å²) in [6, 6.07) is 6.80. The number of guanidine groups is 1. The van der Waals surface area contributed by atoms with Crippen LogP contribution < -0.4 is 20.3 Å². The second-order valence-electron chi connectivity index (χ2n) is 6.79. The van der Waals surface area contributed by atoms with E-state index in [1.165, 1.54) is 11.0 Å². The van der Waals surface area contributed by atoms with Crippen molar-refractivity contribution in [2.45, 2.75) is 19.1 Å². The highest BCUT2D eigenvalue weighted by atomic mass is 19.3. The molecule has 0 aromatic heterocycles. The number of hydrogen-bond acceptors (Lipinski definition) is 5. The number of nitrogens with zero attached hydrogens (tertiary/aromatic N) is 3. The lowest BCUT2D eigenvalue weighted by Crippen LogP contribution is -2.46. The molecule has 10 heteroatoms. The van der Waals surface area contributed by atoms with Crippen LogP contribution in [0.1, 0.15) is 6.42 Å². The highest BCUT2D eigenvalue weighted by Gasteiger charge is 2.26. The van der Waals surface area contributed by atoms with Crippen molar-refractivity contribution < 1.29 is 23.0 Å². The first kappa shape index (κ1) is 22.7. The molecule has 0 bridgehead atoms. The Hall–Kier alpha value is -2.62. The average Bonchev–Trinajstić information content (AvgIpc) is 3.14. The number of hydrogen-bond donors (Lipinski definition) is 2. The lowest BCUT2D eigenvalue weighted by Gasteiger charge is -2.22. The number of aliphatic imine (C=N–C) groups is 1. The number of alkyl halides is 2. The van der Waals surface area contributed by atoms with E-state index in [0.717, 1.165) is 6.42 Å². The molecule has 29 heavy (non-hydrogen) atoms. The molecule has 2 rings (SSSR count). The van der Waals surface area contributed by atoms with Crippen molar-refractivity contribution in [2.24, 2.45) is 4.99 Å². The summed E-state index contributed by atoms with van der Waals surface area (Å²) >= 11 is 0. The zero-order valence-electron chi connectivity index (χ0n) is 17.0. The SMILES string of the molecule is COCCNC(=NCC(=O)N(C)C)NC1CCN(c2ccccc2OC(F)F)C1. The number of amides is 1. The third-order valence-electron chi connectivity index (χ3n) is 4.42. The molecule has 0 radical (unpaired) electrons. The van der Waals surface area contributed by atoms with Gasteiger partial charge < -0.3 is 29.9 Å². The second-order valence-corrected chi connectivity index (χ2v) is 6.79. The summed E-state index contributed by atoms with van der Waals surface area (Å²) in [4.78, 5) is 19.6. The number of likely N-dealkylation sites (N-methyl/N-ethyl adjacent to an activating group) is 1. The maximum Gasteiger partial charge on any atom is 0.387 e. The number of methoxy groups -OCH3 is 1. The van der Waals surface area contributed by atoms with Crippen molar-refractivity contribution >= 4 is 17.6 Å². The Morgan fingerprint density at radius 1 is 1.38 bits per heavy atom. The maximum atomic E-state index is 12.7. The van der Waals surface area contributed by atoms with Gasteiger partial charge in [0.1, 0.15) is 12.3 Å². The van der Waals surface area contributed by atoms with E-state index in [0.29, 0.717) is 37.9 Å². The van der Waals surface area contributed by atoms with Crippen LogP contribution in [0.4, 0.5) is 14.5 Å². The Kier molecular flexibility index (Phi) is 8.91. The Bertz CT molecular complexity index is 688. The molecule has 1 atom stereocenters. The molecule has 0 saturated carbocycles. The molecule has 1 aliphatic rings. The van der Waals surface area contributed by atoms with Gasteiger partial charge in [-0.25, -0.2) is 4.99 Å². The molecule has 1 aromatic carbocycles. The topological polar surface area (TPSA) is 78.4 Å². The molecule has 0 spiro atoms. The van der Waals surface area contributed by atoms with Crippen LogP contribution in [0.15, 0.2) is 29.3 Å². The van der Waals surface area contributed by atoms with Gasteiger partial charge in [-0.1, -0.05) is 12.1 Å². The van der Waals surface area contributed by atoms with Crippen molar-refractivity contribution in [1.29, 1.82) is 0 Å².